The second-order valence-electron chi connectivity index (χ2n) is 21.1. The second-order valence-corrected chi connectivity index (χ2v) is 21.1. The molecule has 0 unspecified atom stereocenters. The molecule has 3 aromatic carbocycles. The van der Waals surface area contributed by atoms with Crippen LogP contribution in [0.1, 0.15) is 314 Å². The van der Waals surface area contributed by atoms with E-state index in [0.717, 1.165) is 24.0 Å². The number of carbonyl (C=O) groups excluding carboxylic acids is 2. The van der Waals surface area contributed by atoms with Gasteiger partial charge in [-0.25, -0.2) is 0 Å². The van der Waals surface area contributed by atoms with Crippen LogP contribution in [0.4, 0.5) is 0 Å². The number of amides is 2. The largest absolute Gasteiger partial charge is 0.269 e. The van der Waals surface area contributed by atoms with Gasteiger partial charge in [-0.15, -0.1) is 0 Å². The monoisotopic (exact) mass is 957 g/mol. The minimum absolute atomic E-state index is 0.326. The lowest BCUT2D eigenvalue weighted by Gasteiger charge is -2.08. The van der Waals surface area contributed by atoms with Crippen molar-refractivity contribution in [2.75, 3.05) is 0 Å². The Hall–Kier alpha value is -3.84. The van der Waals surface area contributed by atoms with Crippen LogP contribution < -0.4 is 10.9 Å². The van der Waals surface area contributed by atoms with Gasteiger partial charge in [-0.2, -0.15) is 0 Å². The van der Waals surface area contributed by atoms with Crippen LogP contribution in [-0.4, -0.2) is 11.8 Å². The van der Waals surface area contributed by atoms with E-state index < -0.39 is 0 Å². The van der Waals surface area contributed by atoms with Gasteiger partial charge in [0.05, 0.1) is 0 Å². The number of unbranched alkanes of at least 4 members (excludes halogenated alkanes) is 38. The van der Waals surface area contributed by atoms with E-state index >= 15 is 0 Å². The molecular formula is C66H104N2O2. The predicted octanol–water partition coefficient (Wildman–Crippen LogP) is 19.9. The van der Waals surface area contributed by atoms with E-state index in [1.54, 1.807) is 12.1 Å². The van der Waals surface area contributed by atoms with E-state index in [1.807, 2.05) is 36.4 Å². The number of hydrogen-bond donors (Lipinski definition) is 2. The van der Waals surface area contributed by atoms with Crippen LogP contribution in [0.5, 0.6) is 0 Å². The van der Waals surface area contributed by atoms with E-state index in [4.69, 9.17) is 0 Å². The van der Waals surface area contributed by atoms with Gasteiger partial charge in [0.25, 0.3) is 11.8 Å². The highest BCUT2D eigenvalue weighted by molar-refractivity contribution is 5.99. The van der Waals surface area contributed by atoms with Gasteiger partial charge in [-0.3, -0.25) is 20.4 Å². The highest BCUT2D eigenvalue weighted by Gasteiger charge is 2.10. The summed E-state index contributed by atoms with van der Waals surface area (Å²) in [6.07, 6.45) is 58.2. The van der Waals surface area contributed by atoms with Crippen molar-refractivity contribution in [1.29, 1.82) is 0 Å². The summed E-state index contributed by atoms with van der Waals surface area (Å²) in [4.78, 5) is 25.6. The Morgan fingerprint density at radius 2 is 0.486 bits per heavy atom. The second kappa shape index (κ2) is 43.9. The molecule has 0 heterocycles. The Kier molecular flexibility index (Phi) is 37.9. The van der Waals surface area contributed by atoms with Gasteiger partial charge < -0.3 is 0 Å². The van der Waals surface area contributed by atoms with E-state index in [0.29, 0.717) is 11.1 Å². The van der Waals surface area contributed by atoms with Gasteiger partial charge in [-0.1, -0.05) is 294 Å². The predicted molar refractivity (Wildman–Crippen MR) is 304 cm³/mol. The normalized spacial score (nSPS) is 11.1. The van der Waals surface area contributed by atoms with Gasteiger partial charge in [0.1, 0.15) is 0 Å². The number of carbonyl (C=O) groups is 2. The Morgan fingerprint density at radius 1 is 0.286 bits per heavy atom. The number of benzene rings is 3. The van der Waals surface area contributed by atoms with Crippen molar-refractivity contribution in [3.8, 4) is 11.8 Å². The Balaban J connectivity index is 1.13. The molecule has 0 saturated carbocycles. The molecule has 390 valence electrons. The molecule has 0 radical (unpaired) electrons. The van der Waals surface area contributed by atoms with Gasteiger partial charge in [-0.05, 0) is 85.3 Å². The molecule has 0 spiro atoms. The summed E-state index contributed by atoms with van der Waals surface area (Å²) in [5.74, 6) is 5.80. The molecular weight excluding hydrogens is 853 g/mol. The first-order valence-electron chi connectivity index (χ1n) is 30.0. The van der Waals surface area contributed by atoms with Crippen molar-refractivity contribution < 1.29 is 9.59 Å². The van der Waals surface area contributed by atoms with Crippen LogP contribution in [0.2, 0.25) is 0 Å². The van der Waals surface area contributed by atoms with Gasteiger partial charge in [0, 0.05) is 22.3 Å². The molecule has 0 saturated heterocycles. The van der Waals surface area contributed by atoms with E-state index in [9.17, 15) is 9.59 Å². The highest BCUT2D eigenvalue weighted by Crippen LogP contribution is 2.18. The van der Waals surface area contributed by atoms with Crippen LogP contribution in [0, 0.1) is 11.8 Å². The topological polar surface area (TPSA) is 58.2 Å². The molecule has 3 rings (SSSR count). The summed E-state index contributed by atoms with van der Waals surface area (Å²) < 4.78 is 0. The summed E-state index contributed by atoms with van der Waals surface area (Å²) in [7, 11) is 0. The van der Waals surface area contributed by atoms with Crippen LogP contribution >= 0.6 is 0 Å². The average molecular weight is 958 g/mol. The van der Waals surface area contributed by atoms with Crippen molar-refractivity contribution in [2.45, 2.75) is 284 Å². The van der Waals surface area contributed by atoms with E-state index in [-0.39, 0.29) is 11.8 Å². The van der Waals surface area contributed by atoms with Crippen molar-refractivity contribution in [3.63, 3.8) is 0 Å². The molecule has 0 aromatic heterocycles. The van der Waals surface area contributed by atoms with E-state index in [2.05, 4.69) is 60.8 Å². The smallest absolute Gasteiger partial charge is 0.267 e. The van der Waals surface area contributed by atoms with Crippen LogP contribution in [0.25, 0.3) is 0 Å². The van der Waals surface area contributed by atoms with Crippen LogP contribution in [0.15, 0.2) is 72.8 Å². The van der Waals surface area contributed by atoms with Crippen molar-refractivity contribution in [1.82, 2.24) is 10.9 Å². The molecule has 0 bridgehead atoms. The van der Waals surface area contributed by atoms with Crippen molar-refractivity contribution in [3.05, 3.63) is 106 Å². The van der Waals surface area contributed by atoms with Gasteiger partial charge in [0.2, 0.25) is 0 Å². The Morgan fingerprint density at radius 3 is 0.743 bits per heavy atom. The van der Waals surface area contributed by atoms with Crippen molar-refractivity contribution >= 4 is 11.8 Å². The maximum Gasteiger partial charge on any atom is 0.269 e. The first-order valence-corrected chi connectivity index (χ1v) is 30.0. The number of hydrogen-bond acceptors (Lipinski definition) is 2. The third-order valence-electron chi connectivity index (χ3n) is 14.6. The first-order chi connectivity index (χ1) is 34.6. The van der Waals surface area contributed by atoms with Crippen molar-refractivity contribution in [2.24, 2.45) is 0 Å². The first kappa shape index (κ1) is 60.5. The fourth-order valence-corrected chi connectivity index (χ4v) is 9.85. The lowest BCUT2D eigenvalue weighted by molar-refractivity contribution is 0.0846. The molecule has 0 fully saturated rings. The van der Waals surface area contributed by atoms with Crippen LogP contribution in [-0.2, 0) is 12.8 Å². The maximum absolute atomic E-state index is 12.8. The minimum atomic E-state index is -0.361. The molecule has 0 aliphatic heterocycles. The highest BCUT2D eigenvalue weighted by atomic mass is 16.2. The summed E-state index contributed by atoms with van der Waals surface area (Å²) in [5.41, 5.74) is 10.6. The minimum Gasteiger partial charge on any atom is -0.267 e. The molecule has 3 aromatic rings. The molecule has 70 heavy (non-hydrogen) atoms. The zero-order chi connectivity index (χ0) is 49.6. The number of aryl methyl sites for hydroxylation is 2. The van der Waals surface area contributed by atoms with Crippen LogP contribution in [0.3, 0.4) is 0 Å². The SMILES string of the molecule is CCCCCCCCCCCCCCCCCCCCCCc1ccc(C#Cc2ccc(C(=O)NNC(=O)c3ccc(CCCCCCCCCCCCCCCCCCCCCC)cc3)cc2)cc1. The lowest BCUT2D eigenvalue weighted by atomic mass is 10.0. The zero-order valence-corrected chi connectivity index (χ0v) is 45.4. The molecule has 0 atom stereocenters. The molecule has 0 aliphatic carbocycles. The Bertz CT molecular complexity index is 1730. The summed E-state index contributed by atoms with van der Waals surface area (Å²) in [5, 5.41) is 0. The fraction of sp³-hybridized carbons (Fsp3) is 0.667. The summed E-state index contributed by atoms with van der Waals surface area (Å²) in [6.45, 7) is 4.59. The number of rotatable bonds is 44. The summed E-state index contributed by atoms with van der Waals surface area (Å²) >= 11 is 0. The summed E-state index contributed by atoms with van der Waals surface area (Å²) in [6, 6.07) is 23.6. The Labute approximate surface area is 431 Å². The van der Waals surface area contributed by atoms with Gasteiger partial charge in [0.15, 0.2) is 0 Å². The third-order valence-corrected chi connectivity index (χ3v) is 14.6. The molecule has 2 amide bonds. The zero-order valence-electron chi connectivity index (χ0n) is 45.4. The molecule has 4 heteroatoms. The maximum atomic E-state index is 12.8. The number of hydrazine groups is 1. The average Bonchev–Trinajstić information content (AvgIpc) is 3.39. The molecule has 0 aliphatic rings. The number of nitrogens with one attached hydrogen (secondary N) is 2. The third kappa shape index (κ3) is 32.9. The lowest BCUT2D eigenvalue weighted by Crippen LogP contribution is -2.41. The van der Waals surface area contributed by atoms with E-state index in [1.165, 1.54) is 268 Å². The fourth-order valence-electron chi connectivity index (χ4n) is 9.85. The molecule has 2 N–H and O–H groups in total. The van der Waals surface area contributed by atoms with Gasteiger partial charge >= 0.3 is 0 Å². The quantitative estimate of drug-likeness (QED) is 0.0337. The standard InChI is InChI=1S/C66H104N2O2/c1-3-5-7-9-11-13-15-17-19-21-23-25-27-29-31-33-35-37-39-41-43-59-45-47-61(48-46-59)49-50-62-53-57-64(58-54-62)66(70)68-67-65(69)63-55-51-60(52-56-63)44-42-40-38-36-34-32-30-28-26-24-22-20-18-16-14-12-10-8-6-4-2/h45-48,51-58H,3-44H2,1-2H3,(H,67,69)(H,68,70). The molecule has 4 nitrogen and oxygen atoms in total.